The number of aromatic nitrogens is 1. The van der Waals surface area contributed by atoms with Gasteiger partial charge in [0.15, 0.2) is 0 Å². The van der Waals surface area contributed by atoms with E-state index in [4.69, 9.17) is 5.73 Å². The number of nitrogens with one attached hydrogen (secondary N) is 2. The number of benzene rings is 1. The summed E-state index contributed by atoms with van der Waals surface area (Å²) in [6.45, 7) is 2.34. The van der Waals surface area contributed by atoms with Crippen LogP contribution in [0.25, 0.3) is 10.9 Å². The Morgan fingerprint density at radius 3 is 3.11 bits per heavy atom. The molecule has 0 saturated heterocycles. The smallest absolute Gasteiger partial charge is 0.253 e. The summed E-state index contributed by atoms with van der Waals surface area (Å²) in [6.07, 6.45) is 2.36. The molecule has 0 aliphatic rings. The predicted octanol–water partition coefficient (Wildman–Crippen LogP) is 1.89. The fraction of sp³-hybridized carbons (Fsp3) is 0.214. The van der Waals surface area contributed by atoms with Crippen molar-refractivity contribution in [3.63, 3.8) is 0 Å². The van der Waals surface area contributed by atoms with Gasteiger partial charge in [0.05, 0.1) is 5.56 Å². The molecule has 0 radical (unpaired) electrons. The number of nitrogens with two attached hydrogens (primary N) is 1. The molecule has 0 aliphatic carbocycles. The van der Waals surface area contributed by atoms with Crippen LogP contribution in [-0.2, 0) is 0 Å². The Balaban J connectivity index is 2.14. The van der Waals surface area contributed by atoms with E-state index in [-0.39, 0.29) is 5.91 Å². The highest BCUT2D eigenvalue weighted by Gasteiger charge is 2.10. The van der Waals surface area contributed by atoms with Crippen LogP contribution in [0.1, 0.15) is 23.7 Å². The standard InChI is InChI=1S/C14H15N3O/c1-2-3-4-7-16-14(18)12-9-17-13-8-10(15)5-6-11(12)13/h5-6,8-9,17H,4,7,15H2,1H3,(H,16,18). The number of nitrogen functional groups attached to an aromatic ring is 1. The van der Waals surface area contributed by atoms with Gasteiger partial charge in [-0.2, -0.15) is 0 Å². The minimum atomic E-state index is -0.0936. The molecular formula is C14H15N3O. The van der Waals surface area contributed by atoms with E-state index in [0.29, 0.717) is 24.2 Å². The molecular weight excluding hydrogens is 226 g/mol. The third-order valence-corrected chi connectivity index (χ3v) is 2.66. The number of H-pyrrole nitrogens is 1. The maximum atomic E-state index is 12.0. The lowest BCUT2D eigenvalue weighted by atomic mass is 10.1. The molecule has 2 aromatic rings. The minimum Gasteiger partial charge on any atom is -0.399 e. The van der Waals surface area contributed by atoms with Crippen LogP contribution in [0.5, 0.6) is 0 Å². The normalized spacial score (nSPS) is 9.83. The Labute approximate surface area is 106 Å². The van der Waals surface area contributed by atoms with E-state index in [2.05, 4.69) is 22.1 Å². The number of hydrogen-bond acceptors (Lipinski definition) is 2. The van der Waals surface area contributed by atoms with Gasteiger partial charge in [-0.25, -0.2) is 0 Å². The zero-order valence-electron chi connectivity index (χ0n) is 10.2. The van der Waals surface area contributed by atoms with Crippen molar-refractivity contribution in [2.24, 2.45) is 0 Å². The summed E-state index contributed by atoms with van der Waals surface area (Å²) in [5, 5.41) is 3.71. The topological polar surface area (TPSA) is 70.9 Å². The first-order valence-corrected chi connectivity index (χ1v) is 5.77. The second kappa shape index (κ2) is 5.28. The first-order chi connectivity index (χ1) is 8.72. The molecule has 1 amide bonds. The number of anilines is 1. The Morgan fingerprint density at radius 1 is 1.50 bits per heavy atom. The molecule has 0 atom stereocenters. The number of aromatic amines is 1. The largest absolute Gasteiger partial charge is 0.399 e. The Morgan fingerprint density at radius 2 is 2.33 bits per heavy atom. The lowest BCUT2D eigenvalue weighted by Crippen LogP contribution is -2.23. The summed E-state index contributed by atoms with van der Waals surface area (Å²) in [5.41, 5.74) is 7.87. The van der Waals surface area contributed by atoms with E-state index in [1.165, 1.54) is 0 Å². The highest BCUT2D eigenvalue weighted by atomic mass is 16.1. The van der Waals surface area contributed by atoms with Crippen molar-refractivity contribution in [1.29, 1.82) is 0 Å². The van der Waals surface area contributed by atoms with Crippen molar-refractivity contribution in [1.82, 2.24) is 10.3 Å². The van der Waals surface area contributed by atoms with Gasteiger partial charge >= 0.3 is 0 Å². The fourth-order valence-corrected chi connectivity index (χ4v) is 1.79. The number of rotatable bonds is 3. The van der Waals surface area contributed by atoms with E-state index in [1.54, 1.807) is 19.2 Å². The van der Waals surface area contributed by atoms with Crippen LogP contribution < -0.4 is 11.1 Å². The van der Waals surface area contributed by atoms with Crippen LogP contribution in [-0.4, -0.2) is 17.4 Å². The van der Waals surface area contributed by atoms with Crippen molar-refractivity contribution in [3.05, 3.63) is 30.0 Å². The Bertz CT molecular complexity index is 631. The van der Waals surface area contributed by atoms with Gasteiger partial charge in [-0.3, -0.25) is 4.79 Å². The summed E-state index contributed by atoms with van der Waals surface area (Å²) in [7, 11) is 0. The van der Waals surface area contributed by atoms with Crippen molar-refractivity contribution >= 4 is 22.5 Å². The average Bonchev–Trinajstić information content (AvgIpc) is 2.77. The van der Waals surface area contributed by atoms with Gasteiger partial charge in [0.1, 0.15) is 0 Å². The second-order valence-electron chi connectivity index (χ2n) is 3.94. The van der Waals surface area contributed by atoms with Gasteiger partial charge in [-0.15, -0.1) is 11.8 Å². The van der Waals surface area contributed by atoms with Crippen molar-refractivity contribution < 1.29 is 4.79 Å². The summed E-state index contributed by atoms with van der Waals surface area (Å²) in [4.78, 5) is 15.0. The molecule has 1 aromatic carbocycles. The molecule has 4 nitrogen and oxygen atoms in total. The third-order valence-electron chi connectivity index (χ3n) is 2.66. The fourth-order valence-electron chi connectivity index (χ4n) is 1.79. The van der Waals surface area contributed by atoms with Crippen LogP contribution in [0.15, 0.2) is 24.4 Å². The molecule has 2 rings (SSSR count). The zero-order valence-corrected chi connectivity index (χ0v) is 10.2. The van der Waals surface area contributed by atoms with Crippen molar-refractivity contribution in [2.45, 2.75) is 13.3 Å². The highest BCUT2D eigenvalue weighted by Crippen LogP contribution is 2.20. The average molecular weight is 241 g/mol. The van der Waals surface area contributed by atoms with Crippen LogP contribution in [0.4, 0.5) is 5.69 Å². The molecule has 0 aliphatic heterocycles. The SMILES string of the molecule is CC#CCCNC(=O)c1c[nH]c2cc(N)ccc12. The van der Waals surface area contributed by atoms with E-state index >= 15 is 0 Å². The zero-order chi connectivity index (χ0) is 13.0. The van der Waals surface area contributed by atoms with Crippen molar-refractivity contribution in [2.75, 3.05) is 12.3 Å². The summed E-state index contributed by atoms with van der Waals surface area (Å²) in [5.74, 6) is 5.60. The molecule has 0 unspecified atom stereocenters. The molecule has 4 heteroatoms. The summed E-state index contributed by atoms with van der Waals surface area (Å²) in [6, 6.07) is 5.45. The Hall–Kier alpha value is -2.41. The first-order valence-electron chi connectivity index (χ1n) is 5.77. The van der Waals surface area contributed by atoms with Gasteiger partial charge in [-0.1, -0.05) is 0 Å². The molecule has 0 bridgehead atoms. The molecule has 18 heavy (non-hydrogen) atoms. The quantitative estimate of drug-likeness (QED) is 0.436. The molecule has 4 N–H and O–H groups in total. The number of fused-ring (bicyclic) bond motifs is 1. The van der Waals surface area contributed by atoms with Gasteiger partial charge in [0, 0.05) is 35.8 Å². The van der Waals surface area contributed by atoms with E-state index in [9.17, 15) is 4.79 Å². The molecule has 0 spiro atoms. The van der Waals surface area contributed by atoms with Crippen LogP contribution in [0.2, 0.25) is 0 Å². The maximum Gasteiger partial charge on any atom is 0.253 e. The third kappa shape index (κ3) is 2.46. The monoisotopic (exact) mass is 241 g/mol. The number of amides is 1. The summed E-state index contributed by atoms with van der Waals surface area (Å²) < 4.78 is 0. The second-order valence-corrected chi connectivity index (χ2v) is 3.94. The lowest BCUT2D eigenvalue weighted by Gasteiger charge is -2.01. The van der Waals surface area contributed by atoms with Crippen LogP contribution in [0.3, 0.4) is 0 Å². The van der Waals surface area contributed by atoms with E-state index in [0.717, 1.165) is 10.9 Å². The molecule has 1 heterocycles. The predicted molar refractivity (Wildman–Crippen MR) is 73.1 cm³/mol. The van der Waals surface area contributed by atoms with Gasteiger partial charge < -0.3 is 16.0 Å². The Kier molecular flexibility index (Phi) is 3.54. The molecule has 0 saturated carbocycles. The van der Waals surface area contributed by atoms with E-state index in [1.807, 2.05) is 12.1 Å². The number of carbonyl (C=O) groups is 1. The van der Waals surface area contributed by atoms with Gasteiger partial charge in [0.25, 0.3) is 5.91 Å². The molecule has 1 aromatic heterocycles. The number of carbonyl (C=O) groups excluding carboxylic acids is 1. The van der Waals surface area contributed by atoms with Gasteiger partial charge in [0.2, 0.25) is 0 Å². The first kappa shape index (κ1) is 12.1. The van der Waals surface area contributed by atoms with Gasteiger partial charge in [-0.05, 0) is 25.1 Å². The maximum absolute atomic E-state index is 12.0. The highest BCUT2D eigenvalue weighted by molar-refractivity contribution is 6.07. The van der Waals surface area contributed by atoms with Crippen molar-refractivity contribution in [3.8, 4) is 11.8 Å². The summed E-state index contributed by atoms with van der Waals surface area (Å²) >= 11 is 0. The van der Waals surface area contributed by atoms with E-state index < -0.39 is 0 Å². The van der Waals surface area contributed by atoms with Crippen LogP contribution in [0, 0.1) is 11.8 Å². The minimum absolute atomic E-state index is 0.0936. The molecule has 92 valence electrons. The van der Waals surface area contributed by atoms with Crippen LogP contribution >= 0.6 is 0 Å². The molecule has 0 fully saturated rings. The lowest BCUT2D eigenvalue weighted by molar-refractivity contribution is 0.0956. The number of hydrogen-bond donors (Lipinski definition) is 3.